The molecule has 0 unspecified atom stereocenters. The van der Waals surface area contributed by atoms with E-state index in [4.69, 9.17) is 0 Å². The van der Waals surface area contributed by atoms with Crippen molar-refractivity contribution in [3.63, 3.8) is 0 Å². The second kappa shape index (κ2) is 8.42. The molecule has 1 nitrogen and oxygen atoms in total. The first-order valence-corrected chi connectivity index (χ1v) is 13.2. The molecule has 1 heteroatoms. The third-order valence-corrected chi connectivity index (χ3v) is 10.8. The Hall–Kier alpha value is -0.560. The van der Waals surface area contributed by atoms with Gasteiger partial charge in [0, 0.05) is 0 Å². The van der Waals surface area contributed by atoms with Crippen molar-refractivity contribution >= 4 is 0 Å². The molecule has 4 aliphatic carbocycles. The summed E-state index contributed by atoms with van der Waals surface area (Å²) in [4.78, 5) is 0. The normalized spacial score (nSPS) is 44.9. The summed E-state index contributed by atoms with van der Waals surface area (Å²) in [7, 11) is 0. The number of rotatable bonds is 5. The number of allylic oxidation sites excluding steroid dienone is 3. The van der Waals surface area contributed by atoms with Crippen molar-refractivity contribution in [3.05, 3.63) is 23.3 Å². The Balaban J connectivity index is 1.49. The van der Waals surface area contributed by atoms with E-state index < -0.39 is 0 Å². The Morgan fingerprint density at radius 1 is 1.10 bits per heavy atom. The lowest BCUT2D eigenvalue weighted by atomic mass is 9.47. The quantitative estimate of drug-likeness (QED) is 0.454. The highest BCUT2D eigenvalue weighted by Gasteiger charge is 2.59. The third kappa shape index (κ3) is 3.66. The predicted octanol–water partition coefficient (Wildman–Crippen LogP) is 7.94. The van der Waals surface area contributed by atoms with E-state index in [0.29, 0.717) is 16.7 Å². The van der Waals surface area contributed by atoms with Gasteiger partial charge in [0.2, 0.25) is 0 Å². The number of hydrogen-bond acceptors (Lipinski definition) is 1. The standard InChI is InChI=1S/C29H48O/c1-7-21(19(2)3)9-8-20(4)25-12-13-26-24-11-10-22-18-23(30)14-16-28(22,5)27(24)15-17-29(25,26)6/h7,10,19-20,23-27,30H,8-9,11-18H2,1-6H3/b21-7+/t20-,23-,24+,25-,26+,27+,28+,29-/m1/s1. The first kappa shape index (κ1) is 22.6. The van der Waals surface area contributed by atoms with Crippen LogP contribution in [0.4, 0.5) is 0 Å². The zero-order valence-corrected chi connectivity index (χ0v) is 20.7. The second-order valence-corrected chi connectivity index (χ2v) is 12.4. The molecule has 0 amide bonds. The summed E-state index contributed by atoms with van der Waals surface area (Å²) >= 11 is 0. The van der Waals surface area contributed by atoms with E-state index in [1.54, 1.807) is 11.1 Å². The van der Waals surface area contributed by atoms with Gasteiger partial charge in [-0.25, -0.2) is 0 Å². The molecule has 0 aliphatic heterocycles. The maximum Gasteiger partial charge on any atom is 0.0577 e. The minimum absolute atomic E-state index is 0.0839. The molecule has 30 heavy (non-hydrogen) atoms. The molecule has 170 valence electrons. The van der Waals surface area contributed by atoms with Crippen molar-refractivity contribution in [2.45, 2.75) is 112 Å². The SMILES string of the molecule is C/C=C(\CC[C@@H](C)[C@H]1CC[C@H]2[C@@H]3CC=C4C[C@H](O)CC[C@]4(C)[C@H]3CC[C@]12C)C(C)C. The molecule has 3 saturated carbocycles. The van der Waals surface area contributed by atoms with Crippen LogP contribution in [-0.4, -0.2) is 11.2 Å². The molecule has 0 radical (unpaired) electrons. The van der Waals surface area contributed by atoms with Crippen LogP contribution in [0.25, 0.3) is 0 Å². The highest BCUT2D eigenvalue weighted by Crippen LogP contribution is 2.67. The van der Waals surface area contributed by atoms with Crippen LogP contribution in [0.3, 0.4) is 0 Å². The Kier molecular flexibility index (Phi) is 6.35. The highest BCUT2D eigenvalue weighted by molar-refractivity contribution is 5.25. The molecule has 0 aromatic carbocycles. The van der Waals surface area contributed by atoms with Crippen molar-refractivity contribution in [2.24, 2.45) is 46.3 Å². The zero-order chi connectivity index (χ0) is 21.7. The summed E-state index contributed by atoms with van der Waals surface area (Å²) in [5.41, 5.74) is 4.21. The van der Waals surface area contributed by atoms with E-state index in [2.05, 4.69) is 53.7 Å². The summed E-state index contributed by atoms with van der Waals surface area (Å²) < 4.78 is 0. The molecular formula is C29H48O. The van der Waals surface area contributed by atoms with Crippen molar-refractivity contribution in [1.82, 2.24) is 0 Å². The van der Waals surface area contributed by atoms with E-state index in [1.807, 2.05) is 0 Å². The van der Waals surface area contributed by atoms with Gasteiger partial charge in [-0.3, -0.25) is 0 Å². The predicted molar refractivity (Wildman–Crippen MR) is 128 cm³/mol. The largest absolute Gasteiger partial charge is 0.393 e. The summed E-state index contributed by atoms with van der Waals surface area (Å²) in [5.74, 6) is 5.15. The summed E-state index contributed by atoms with van der Waals surface area (Å²) in [5, 5.41) is 10.2. The molecule has 8 atom stereocenters. The van der Waals surface area contributed by atoms with Gasteiger partial charge in [-0.15, -0.1) is 0 Å². The molecule has 3 fully saturated rings. The van der Waals surface area contributed by atoms with Gasteiger partial charge in [-0.05, 0) is 117 Å². The number of hydrogen-bond donors (Lipinski definition) is 1. The maximum atomic E-state index is 10.2. The first-order chi connectivity index (χ1) is 14.2. The van der Waals surface area contributed by atoms with Gasteiger partial charge in [0.05, 0.1) is 6.10 Å². The molecule has 1 N–H and O–H groups in total. The maximum absolute atomic E-state index is 10.2. The number of aliphatic hydroxyl groups excluding tert-OH is 1. The van der Waals surface area contributed by atoms with Crippen LogP contribution < -0.4 is 0 Å². The van der Waals surface area contributed by atoms with Crippen molar-refractivity contribution in [2.75, 3.05) is 0 Å². The van der Waals surface area contributed by atoms with E-state index in [1.165, 1.54) is 51.4 Å². The average Bonchev–Trinajstić information content (AvgIpc) is 3.06. The minimum atomic E-state index is -0.0839. The smallest absolute Gasteiger partial charge is 0.0577 e. The monoisotopic (exact) mass is 412 g/mol. The van der Waals surface area contributed by atoms with Crippen molar-refractivity contribution < 1.29 is 5.11 Å². The zero-order valence-electron chi connectivity index (χ0n) is 20.7. The Bertz CT molecular complexity index is 686. The van der Waals surface area contributed by atoms with Crippen LogP contribution in [-0.2, 0) is 0 Å². The van der Waals surface area contributed by atoms with Gasteiger partial charge in [0.25, 0.3) is 0 Å². The highest BCUT2D eigenvalue weighted by atomic mass is 16.3. The molecule has 0 spiro atoms. The second-order valence-electron chi connectivity index (χ2n) is 12.4. The fourth-order valence-electron chi connectivity index (χ4n) is 8.98. The van der Waals surface area contributed by atoms with Crippen LogP contribution in [0.2, 0.25) is 0 Å². The van der Waals surface area contributed by atoms with Gasteiger partial charge in [-0.1, -0.05) is 57.9 Å². The topological polar surface area (TPSA) is 20.2 Å². The third-order valence-electron chi connectivity index (χ3n) is 10.8. The lowest BCUT2D eigenvalue weighted by Gasteiger charge is -2.58. The number of aliphatic hydroxyl groups is 1. The van der Waals surface area contributed by atoms with Crippen molar-refractivity contribution in [1.29, 1.82) is 0 Å². The Labute approximate surface area is 186 Å². The van der Waals surface area contributed by atoms with Crippen LogP contribution in [0.15, 0.2) is 23.3 Å². The molecular weight excluding hydrogens is 364 g/mol. The molecule has 0 aromatic rings. The average molecular weight is 413 g/mol. The molecule has 4 rings (SSSR count). The molecule has 0 aromatic heterocycles. The summed E-state index contributed by atoms with van der Waals surface area (Å²) in [6.07, 6.45) is 17.8. The lowest BCUT2D eigenvalue weighted by Crippen LogP contribution is -2.50. The van der Waals surface area contributed by atoms with Gasteiger partial charge in [0.1, 0.15) is 0 Å². The molecule has 4 aliphatic rings. The van der Waals surface area contributed by atoms with Gasteiger partial charge in [0.15, 0.2) is 0 Å². The summed E-state index contributed by atoms with van der Waals surface area (Å²) in [6.45, 7) is 14.7. The fourth-order valence-corrected chi connectivity index (χ4v) is 8.98. The van der Waals surface area contributed by atoms with Gasteiger partial charge in [-0.2, -0.15) is 0 Å². The summed E-state index contributed by atoms with van der Waals surface area (Å²) in [6, 6.07) is 0. The van der Waals surface area contributed by atoms with Crippen LogP contribution >= 0.6 is 0 Å². The molecule has 0 heterocycles. The van der Waals surface area contributed by atoms with E-state index >= 15 is 0 Å². The molecule has 0 saturated heterocycles. The minimum Gasteiger partial charge on any atom is -0.393 e. The van der Waals surface area contributed by atoms with Gasteiger partial charge >= 0.3 is 0 Å². The van der Waals surface area contributed by atoms with E-state index in [9.17, 15) is 5.11 Å². The fraction of sp³-hybridized carbons (Fsp3) is 0.862. The molecule has 0 bridgehead atoms. The Morgan fingerprint density at radius 2 is 1.87 bits per heavy atom. The van der Waals surface area contributed by atoms with Gasteiger partial charge < -0.3 is 5.11 Å². The Morgan fingerprint density at radius 3 is 2.57 bits per heavy atom. The van der Waals surface area contributed by atoms with Crippen molar-refractivity contribution in [3.8, 4) is 0 Å². The number of fused-ring (bicyclic) bond motifs is 5. The van der Waals surface area contributed by atoms with E-state index in [0.717, 1.165) is 42.4 Å². The van der Waals surface area contributed by atoms with E-state index in [-0.39, 0.29) is 6.10 Å². The van der Waals surface area contributed by atoms with Crippen LogP contribution in [0.5, 0.6) is 0 Å². The lowest BCUT2D eigenvalue weighted by molar-refractivity contribution is -0.0571. The van der Waals surface area contributed by atoms with Crippen LogP contribution in [0, 0.1) is 46.3 Å². The van der Waals surface area contributed by atoms with Crippen LogP contribution in [0.1, 0.15) is 106 Å². The first-order valence-electron chi connectivity index (χ1n) is 13.2.